The number of halogens is 2. The van der Waals surface area contributed by atoms with Crippen molar-refractivity contribution in [2.45, 2.75) is 0 Å². The summed E-state index contributed by atoms with van der Waals surface area (Å²) in [6.45, 7) is 0. The maximum Gasteiger partial charge on any atom is 0.248 e. The molecule has 0 radical (unpaired) electrons. The second kappa shape index (κ2) is 5.45. The summed E-state index contributed by atoms with van der Waals surface area (Å²) in [4.78, 5) is 16.7. The van der Waals surface area contributed by atoms with Crippen LogP contribution in [-0.2, 0) is 4.79 Å². The van der Waals surface area contributed by atoms with Gasteiger partial charge in [-0.3, -0.25) is 9.20 Å². The predicted octanol–water partition coefficient (Wildman–Crippen LogP) is 3.33. The average molecular weight is 305 g/mol. The van der Waals surface area contributed by atoms with E-state index in [-0.39, 0.29) is 5.69 Å². The third-order valence-corrected chi connectivity index (χ3v) is 3.54. The minimum absolute atomic E-state index is 0.196. The highest BCUT2D eigenvalue weighted by Crippen LogP contribution is 2.16. The topological polar surface area (TPSA) is 46.4 Å². The van der Waals surface area contributed by atoms with E-state index in [0.29, 0.717) is 0 Å². The normalized spacial score (nSPS) is 11.3. The molecule has 7 heteroatoms. The average Bonchev–Trinajstić information content (AvgIpc) is 3.04. The Bertz CT molecular complexity index is 838. The summed E-state index contributed by atoms with van der Waals surface area (Å²) in [5.74, 6) is -1.86. The molecule has 0 aliphatic carbocycles. The van der Waals surface area contributed by atoms with Crippen LogP contribution in [0.4, 0.5) is 14.5 Å². The molecule has 2 heterocycles. The number of fused-ring (bicyclic) bond motifs is 1. The van der Waals surface area contributed by atoms with E-state index >= 15 is 0 Å². The Morgan fingerprint density at radius 1 is 1.38 bits per heavy atom. The van der Waals surface area contributed by atoms with Crippen molar-refractivity contribution in [1.82, 2.24) is 9.38 Å². The number of carbonyl (C=O) groups is 1. The highest BCUT2D eigenvalue weighted by molar-refractivity contribution is 7.15. The molecule has 0 saturated carbocycles. The molecule has 3 aromatic rings. The van der Waals surface area contributed by atoms with Gasteiger partial charge in [-0.05, 0) is 18.2 Å². The van der Waals surface area contributed by atoms with Gasteiger partial charge in [-0.25, -0.2) is 13.8 Å². The number of anilines is 1. The van der Waals surface area contributed by atoms with Gasteiger partial charge in [0.1, 0.15) is 11.6 Å². The Hall–Kier alpha value is -2.54. The van der Waals surface area contributed by atoms with Gasteiger partial charge in [0.2, 0.25) is 5.91 Å². The van der Waals surface area contributed by atoms with E-state index in [1.807, 2.05) is 16.0 Å². The summed E-state index contributed by atoms with van der Waals surface area (Å²) in [6, 6.07) is 2.87. The van der Waals surface area contributed by atoms with Crippen molar-refractivity contribution in [2.75, 3.05) is 5.32 Å². The number of benzene rings is 1. The molecule has 21 heavy (non-hydrogen) atoms. The van der Waals surface area contributed by atoms with Gasteiger partial charge in [-0.2, -0.15) is 0 Å². The van der Waals surface area contributed by atoms with E-state index in [4.69, 9.17) is 0 Å². The highest BCUT2D eigenvalue weighted by atomic mass is 32.1. The van der Waals surface area contributed by atoms with E-state index in [9.17, 15) is 13.6 Å². The molecule has 0 fully saturated rings. The molecular formula is C14H9F2N3OS. The van der Waals surface area contributed by atoms with E-state index in [1.165, 1.54) is 17.4 Å². The molecule has 0 spiro atoms. The van der Waals surface area contributed by atoms with Crippen LogP contribution in [0.1, 0.15) is 5.69 Å². The number of carbonyl (C=O) groups excluding carboxylic acids is 1. The lowest BCUT2D eigenvalue weighted by atomic mass is 10.3. The summed E-state index contributed by atoms with van der Waals surface area (Å²) in [7, 11) is 0. The minimum atomic E-state index is -0.692. The van der Waals surface area contributed by atoms with Crippen molar-refractivity contribution in [3.8, 4) is 0 Å². The number of hydrogen-bond acceptors (Lipinski definition) is 3. The Labute approximate surface area is 122 Å². The number of rotatable bonds is 3. The number of nitrogens with zero attached hydrogens (tertiary/aromatic N) is 2. The molecule has 0 saturated heterocycles. The number of thiazole rings is 1. The van der Waals surface area contributed by atoms with Crippen LogP contribution in [0.5, 0.6) is 0 Å². The Morgan fingerprint density at radius 2 is 2.24 bits per heavy atom. The SMILES string of the molecule is O=C(/C=C/c1cnc2sccn12)Nc1cc(F)ccc1F. The van der Waals surface area contributed by atoms with E-state index in [1.54, 1.807) is 12.3 Å². The number of hydrogen-bond donors (Lipinski definition) is 1. The Balaban J connectivity index is 1.76. The predicted molar refractivity (Wildman–Crippen MR) is 77.1 cm³/mol. The van der Waals surface area contributed by atoms with Gasteiger partial charge in [-0.15, -0.1) is 11.3 Å². The molecule has 4 nitrogen and oxygen atoms in total. The molecule has 1 N–H and O–H groups in total. The van der Waals surface area contributed by atoms with Gasteiger partial charge < -0.3 is 5.32 Å². The molecule has 0 atom stereocenters. The third kappa shape index (κ3) is 2.82. The van der Waals surface area contributed by atoms with Gasteiger partial charge in [0.05, 0.1) is 17.6 Å². The fourth-order valence-electron chi connectivity index (χ4n) is 1.80. The Kier molecular flexibility index (Phi) is 3.49. The van der Waals surface area contributed by atoms with Crippen LogP contribution in [0.25, 0.3) is 11.0 Å². The van der Waals surface area contributed by atoms with Crippen LogP contribution < -0.4 is 5.32 Å². The number of aromatic nitrogens is 2. The van der Waals surface area contributed by atoms with Gasteiger partial charge in [0.15, 0.2) is 4.96 Å². The van der Waals surface area contributed by atoms with Gasteiger partial charge in [-0.1, -0.05) is 0 Å². The van der Waals surface area contributed by atoms with Crippen LogP contribution in [0.2, 0.25) is 0 Å². The molecular weight excluding hydrogens is 296 g/mol. The standard InChI is InChI=1S/C14H9F2N3OS/c15-9-1-3-11(16)12(7-9)18-13(20)4-2-10-8-17-14-19(10)5-6-21-14/h1-8H,(H,18,20)/b4-2+. The lowest BCUT2D eigenvalue weighted by Gasteiger charge is -2.03. The summed E-state index contributed by atoms with van der Waals surface area (Å²) in [6.07, 6.45) is 6.25. The number of amides is 1. The van der Waals surface area contributed by atoms with Crippen LogP contribution in [-0.4, -0.2) is 15.3 Å². The van der Waals surface area contributed by atoms with Crippen LogP contribution in [0.15, 0.2) is 42.0 Å². The first-order valence-electron chi connectivity index (χ1n) is 5.98. The van der Waals surface area contributed by atoms with Crippen molar-refractivity contribution in [3.05, 3.63) is 59.4 Å². The molecule has 0 unspecified atom stereocenters. The summed E-state index contributed by atoms with van der Waals surface area (Å²) in [5.41, 5.74) is 0.528. The van der Waals surface area contributed by atoms with Gasteiger partial charge >= 0.3 is 0 Å². The van der Waals surface area contributed by atoms with Crippen molar-refractivity contribution in [2.24, 2.45) is 0 Å². The molecule has 0 aliphatic heterocycles. The molecule has 2 aromatic heterocycles. The fraction of sp³-hybridized carbons (Fsp3) is 0. The van der Waals surface area contributed by atoms with Crippen molar-refractivity contribution in [1.29, 1.82) is 0 Å². The molecule has 3 rings (SSSR count). The zero-order chi connectivity index (χ0) is 14.8. The Morgan fingerprint density at radius 3 is 3.10 bits per heavy atom. The first kappa shape index (κ1) is 13.4. The molecule has 106 valence electrons. The second-order valence-electron chi connectivity index (χ2n) is 4.19. The van der Waals surface area contributed by atoms with E-state index in [2.05, 4.69) is 10.3 Å². The number of nitrogens with one attached hydrogen (secondary N) is 1. The van der Waals surface area contributed by atoms with Crippen LogP contribution in [0.3, 0.4) is 0 Å². The zero-order valence-electron chi connectivity index (χ0n) is 10.6. The molecule has 1 amide bonds. The highest BCUT2D eigenvalue weighted by Gasteiger charge is 2.06. The van der Waals surface area contributed by atoms with E-state index in [0.717, 1.165) is 28.9 Å². The number of imidazole rings is 1. The largest absolute Gasteiger partial charge is 0.320 e. The summed E-state index contributed by atoms with van der Waals surface area (Å²) >= 11 is 1.47. The first-order valence-corrected chi connectivity index (χ1v) is 6.86. The van der Waals surface area contributed by atoms with Crippen molar-refractivity contribution < 1.29 is 13.6 Å². The lowest BCUT2D eigenvalue weighted by molar-refractivity contribution is -0.111. The zero-order valence-corrected chi connectivity index (χ0v) is 11.4. The van der Waals surface area contributed by atoms with Crippen molar-refractivity contribution in [3.63, 3.8) is 0 Å². The first-order chi connectivity index (χ1) is 10.1. The van der Waals surface area contributed by atoms with Crippen molar-refractivity contribution >= 4 is 34.0 Å². The van der Waals surface area contributed by atoms with Crippen LogP contribution >= 0.6 is 11.3 Å². The lowest BCUT2D eigenvalue weighted by Crippen LogP contribution is -2.09. The second-order valence-corrected chi connectivity index (χ2v) is 5.06. The smallest absolute Gasteiger partial charge is 0.248 e. The molecule has 0 aliphatic rings. The van der Waals surface area contributed by atoms with Crippen LogP contribution in [0, 0.1) is 11.6 Å². The molecule has 0 bridgehead atoms. The summed E-state index contributed by atoms with van der Waals surface area (Å²) < 4.78 is 28.2. The molecule has 1 aromatic carbocycles. The van der Waals surface area contributed by atoms with E-state index < -0.39 is 17.5 Å². The quantitative estimate of drug-likeness (QED) is 0.755. The monoisotopic (exact) mass is 305 g/mol. The van der Waals surface area contributed by atoms with Gasteiger partial charge in [0.25, 0.3) is 0 Å². The van der Waals surface area contributed by atoms with Gasteiger partial charge in [0, 0.05) is 23.7 Å². The maximum absolute atomic E-state index is 13.4. The maximum atomic E-state index is 13.4. The summed E-state index contributed by atoms with van der Waals surface area (Å²) in [5, 5.41) is 4.16. The fourth-order valence-corrected chi connectivity index (χ4v) is 2.50. The third-order valence-electron chi connectivity index (χ3n) is 2.77. The minimum Gasteiger partial charge on any atom is -0.320 e.